The average Bonchev–Trinajstić information content (AvgIpc) is 2.94. The van der Waals surface area contributed by atoms with Crippen LogP contribution in [0, 0.1) is 0 Å². The number of hydrogen-bond donors (Lipinski definition) is 0. The Morgan fingerprint density at radius 1 is 1.15 bits per heavy atom. The summed E-state index contributed by atoms with van der Waals surface area (Å²) in [6, 6.07) is 7.47. The summed E-state index contributed by atoms with van der Waals surface area (Å²) in [5, 5.41) is 1.48. The Morgan fingerprint density at radius 2 is 1.88 bits per heavy atom. The Labute approximate surface area is 162 Å². The predicted molar refractivity (Wildman–Crippen MR) is 104 cm³/mol. The van der Waals surface area contributed by atoms with E-state index in [0.717, 1.165) is 23.2 Å². The summed E-state index contributed by atoms with van der Waals surface area (Å²) in [7, 11) is 7.37. The summed E-state index contributed by atoms with van der Waals surface area (Å²) in [4.78, 5) is 24.6. The van der Waals surface area contributed by atoms with Crippen molar-refractivity contribution in [2.45, 2.75) is 6.54 Å². The molecule has 0 N–H and O–H groups in total. The molecule has 2 heterocycles. The normalized spacial score (nSPS) is 11.3. The van der Waals surface area contributed by atoms with E-state index in [1.165, 1.54) is 4.90 Å². The van der Waals surface area contributed by atoms with E-state index >= 15 is 0 Å². The van der Waals surface area contributed by atoms with E-state index in [0.29, 0.717) is 16.4 Å². The fraction of sp³-hybridized carbons (Fsp3) is 0.278. The zero-order valence-electron chi connectivity index (χ0n) is 15.0. The molecule has 0 spiro atoms. The minimum atomic E-state index is -0.146. The van der Waals surface area contributed by atoms with E-state index in [1.54, 1.807) is 30.9 Å². The molecular weight excluding hydrogens is 373 g/mol. The topological polar surface area (TPSA) is 54.3 Å². The summed E-state index contributed by atoms with van der Waals surface area (Å²) < 4.78 is 1.76. The highest BCUT2D eigenvalue weighted by molar-refractivity contribution is 6.31. The van der Waals surface area contributed by atoms with Gasteiger partial charge in [0, 0.05) is 42.9 Å². The number of carbonyl (C=O) groups excluding carboxylic acids is 1. The van der Waals surface area contributed by atoms with Gasteiger partial charge in [0.2, 0.25) is 5.28 Å². The monoisotopic (exact) mass is 391 g/mol. The molecule has 0 atom stereocenters. The van der Waals surface area contributed by atoms with Crippen LogP contribution in [-0.4, -0.2) is 58.4 Å². The lowest BCUT2D eigenvalue weighted by Gasteiger charge is -2.16. The maximum atomic E-state index is 12.7. The van der Waals surface area contributed by atoms with Crippen molar-refractivity contribution in [2.24, 2.45) is 0 Å². The summed E-state index contributed by atoms with van der Waals surface area (Å²) in [5.74, 6) is -0.146. The molecule has 3 rings (SSSR count). The minimum Gasteiger partial charge on any atom is -0.343 e. The molecule has 2 aromatic heterocycles. The summed E-state index contributed by atoms with van der Waals surface area (Å²) in [6.07, 6.45) is 1.61. The molecule has 6 nitrogen and oxygen atoms in total. The standard InChI is InChI=1S/C18H19Cl2N5O/c1-23(2)10-11-5-6-13(8-14(11)19)25-15(17(26)24(3)4)7-12-9-21-18(20)22-16(12)25/h5-9H,10H2,1-4H3. The van der Waals surface area contributed by atoms with E-state index in [2.05, 4.69) is 9.97 Å². The SMILES string of the molecule is CN(C)Cc1ccc(-n2c(C(=O)N(C)C)cc3cnc(Cl)nc32)cc1Cl. The van der Waals surface area contributed by atoms with E-state index in [1.807, 2.05) is 37.2 Å². The smallest absolute Gasteiger partial charge is 0.270 e. The Morgan fingerprint density at radius 3 is 2.50 bits per heavy atom. The molecular formula is C18H19Cl2N5O. The zero-order valence-corrected chi connectivity index (χ0v) is 16.5. The van der Waals surface area contributed by atoms with Gasteiger partial charge in [-0.25, -0.2) is 4.98 Å². The molecule has 26 heavy (non-hydrogen) atoms. The van der Waals surface area contributed by atoms with Crippen molar-refractivity contribution in [3.8, 4) is 5.69 Å². The Bertz CT molecular complexity index is 981. The third kappa shape index (κ3) is 3.53. The van der Waals surface area contributed by atoms with Gasteiger partial charge in [-0.3, -0.25) is 9.36 Å². The number of benzene rings is 1. The van der Waals surface area contributed by atoms with Gasteiger partial charge in [0.05, 0.1) is 0 Å². The van der Waals surface area contributed by atoms with Crippen molar-refractivity contribution < 1.29 is 4.79 Å². The van der Waals surface area contributed by atoms with Gasteiger partial charge in [-0.15, -0.1) is 0 Å². The number of aromatic nitrogens is 3. The van der Waals surface area contributed by atoms with E-state index in [-0.39, 0.29) is 11.2 Å². The molecule has 8 heteroatoms. The van der Waals surface area contributed by atoms with Crippen molar-refractivity contribution in [3.63, 3.8) is 0 Å². The second-order valence-electron chi connectivity index (χ2n) is 6.50. The second kappa shape index (κ2) is 7.23. The highest BCUT2D eigenvalue weighted by Crippen LogP contribution is 2.28. The van der Waals surface area contributed by atoms with Gasteiger partial charge < -0.3 is 9.80 Å². The molecule has 0 unspecified atom stereocenters. The van der Waals surface area contributed by atoms with Crippen LogP contribution in [0.4, 0.5) is 0 Å². The summed E-state index contributed by atoms with van der Waals surface area (Å²) in [5.41, 5.74) is 2.78. The Hall–Kier alpha value is -2.15. The van der Waals surface area contributed by atoms with Crippen LogP contribution >= 0.6 is 23.2 Å². The molecule has 0 fully saturated rings. The van der Waals surface area contributed by atoms with Gasteiger partial charge in [-0.1, -0.05) is 17.7 Å². The van der Waals surface area contributed by atoms with E-state index in [9.17, 15) is 4.79 Å². The number of rotatable bonds is 4. The van der Waals surface area contributed by atoms with Crippen molar-refractivity contribution in [1.82, 2.24) is 24.3 Å². The van der Waals surface area contributed by atoms with Gasteiger partial charge in [-0.05, 0) is 49.5 Å². The quantitative estimate of drug-likeness (QED) is 0.638. The number of fused-ring (bicyclic) bond motifs is 1. The number of nitrogens with zero attached hydrogens (tertiary/aromatic N) is 5. The van der Waals surface area contributed by atoms with Crippen LogP contribution in [0.3, 0.4) is 0 Å². The van der Waals surface area contributed by atoms with Crippen molar-refractivity contribution in [2.75, 3.05) is 28.2 Å². The lowest BCUT2D eigenvalue weighted by atomic mass is 10.2. The number of amides is 1. The highest BCUT2D eigenvalue weighted by atomic mass is 35.5. The molecule has 0 saturated heterocycles. The molecule has 0 bridgehead atoms. The first-order valence-corrected chi connectivity index (χ1v) is 8.72. The van der Waals surface area contributed by atoms with Crippen molar-refractivity contribution >= 4 is 40.1 Å². The van der Waals surface area contributed by atoms with Gasteiger partial charge in [0.15, 0.2) is 0 Å². The first-order chi connectivity index (χ1) is 12.3. The fourth-order valence-corrected chi connectivity index (χ4v) is 3.12. The largest absolute Gasteiger partial charge is 0.343 e. The first kappa shape index (κ1) is 18.6. The van der Waals surface area contributed by atoms with Gasteiger partial charge in [0.1, 0.15) is 11.3 Å². The highest BCUT2D eigenvalue weighted by Gasteiger charge is 2.20. The Kier molecular flexibility index (Phi) is 5.18. The third-order valence-corrected chi connectivity index (χ3v) is 4.45. The maximum Gasteiger partial charge on any atom is 0.270 e. The molecule has 0 aliphatic carbocycles. The van der Waals surface area contributed by atoms with Crippen LogP contribution in [0.2, 0.25) is 10.3 Å². The number of carbonyl (C=O) groups is 1. The van der Waals surface area contributed by atoms with Crippen molar-refractivity contribution in [3.05, 3.63) is 52.0 Å². The van der Waals surface area contributed by atoms with Crippen LogP contribution in [0.5, 0.6) is 0 Å². The van der Waals surface area contributed by atoms with Crippen LogP contribution in [-0.2, 0) is 6.54 Å². The molecule has 1 amide bonds. The van der Waals surface area contributed by atoms with Gasteiger partial charge in [-0.2, -0.15) is 4.98 Å². The first-order valence-electron chi connectivity index (χ1n) is 7.97. The van der Waals surface area contributed by atoms with E-state index in [4.69, 9.17) is 23.2 Å². The van der Waals surface area contributed by atoms with Gasteiger partial charge >= 0.3 is 0 Å². The van der Waals surface area contributed by atoms with Crippen LogP contribution in [0.1, 0.15) is 16.1 Å². The fourth-order valence-electron chi connectivity index (χ4n) is 2.76. The molecule has 3 aromatic rings. The van der Waals surface area contributed by atoms with Crippen LogP contribution < -0.4 is 0 Å². The van der Waals surface area contributed by atoms with Gasteiger partial charge in [0.25, 0.3) is 5.91 Å². The van der Waals surface area contributed by atoms with Crippen molar-refractivity contribution in [1.29, 1.82) is 0 Å². The molecule has 0 radical (unpaired) electrons. The third-order valence-electron chi connectivity index (χ3n) is 3.92. The Balaban J connectivity index is 2.22. The predicted octanol–water partition coefficient (Wildman–Crippen LogP) is 3.49. The van der Waals surface area contributed by atoms with E-state index < -0.39 is 0 Å². The lowest BCUT2D eigenvalue weighted by molar-refractivity contribution is 0.0820. The second-order valence-corrected chi connectivity index (χ2v) is 7.24. The summed E-state index contributed by atoms with van der Waals surface area (Å²) >= 11 is 12.5. The molecule has 0 aliphatic rings. The summed E-state index contributed by atoms with van der Waals surface area (Å²) in [6.45, 7) is 0.725. The van der Waals surface area contributed by atoms with Crippen LogP contribution in [0.15, 0.2) is 30.5 Å². The molecule has 136 valence electrons. The maximum absolute atomic E-state index is 12.7. The molecule has 0 saturated carbocycles. The number of hydrogen-bond acceptors (Lipinski definition) is 4. The number of halogens is 2. The van der Waals surface area contributed by atoms with Crippen LogP contribution in [0.25, 0.3) is 16.7 Å². The lowest BCUT2D eigenvalue weighted by Crippen LogP contribution is -2.24. The minimum absolute atomic E-state index is 0.121. The molecule has 0 aliphatic heterocycles. The average molecular weight is 392 g/mol. The molecule has 1 aromatic carbocycles. The zero-order chi connectivity index (χ0) is 19.0.